The van der Waals surface area contributed by atoms with Gasteiger partial charge in [0.1, 0.15) is 0 Å². The fraction of sp³-hybridized carbons (Fsp3) is 0. The number of aromatic nitrogens is 4. The van der Waals surface area contributed by atoms with Crippen LogP contribution in [0.5, 0.6) is 0 Å². The third-order valence-electron chi connectivity index (χ3n) is 9.00. The van der Waals surface area contributed by atoms with Gasteiger partial charge in [-0.15, -0.1) is 11.3 Å². The molecule has 6 aromatic carbocycles. The summed E-state index contributed by atoms with van der Waals surface area (Å²) in [5.41, 5.74) is 9.11. The molecule has 0 saturated heterocycles. The number of hydrogen-bond donors (Lipinski definition) is 0. The average Bonchev–Trinajstić information content (AvgIpc) is 3.75. The SMILES string of the molecule is c1ccc(-n2c3ccccc3c3cc(-c4ccc5c6ccccc6n(-c6ncc7sc8ccccc8c7n6)c5c4)ccc32)cc1. The first-order chi connectivity index (χ1) is 22.3. The maximum absolute atomic E-state index is 5.17. The molecule has 5 heteroatoms. The van der Waals surface area contributed by atoms with E-state index in [-0.39, 0.29) is 0 Å². The van der Waals surface area contributed by atoms with Crippen LogP contribution in [0.4, 0.5) is 0 Å². The molecular weight excluding hydrogens is 569 g/mol. The van der Waals surface area contributed by atoms with Crippen molar-refractivity contribution >= 4 is 75.3 Å². The molecule has 0 bridgehead atoms. The van der Waals surface area contributed by atoms with E-state index >= 15 is 0 Å². The second kappa shape index (κ2) is 9.36. The normalized spacial score (nSPS) is 12.0. The van der Waals surface area contributed by atoms with Gasteiger partial charge in [0.25, 0.3) is 0 Å². The van der Waals surface area contributed by atoms with Crippen molar-refractivity contribution < 1.29 is 0 Å². The van der Waals surface area contributed by atoms with Crippen molar-refractivity contribution in [3.8, 4) is 22.8 Å². The van der Waals surface area contributed by atoms with Crippen molar-refractivity contribution in [2.75, 3.05) is 0 Å². The summed E-state index contributed by atoms with van der Waals surface area (Å²) in [5.74, 6) is 0.691. The van der Waals surface area contributed by atoms with Crippen molar-refractivity contribution in [1.82, 2.24) is 19.1 Å². The van der Waals surface area contributed by atoms with E-state index in [0.29, 0.717) is 5.95 Å². The highest BCUT2D eigenvalue weighted by atomic mass is 32.1. The molecule has 4 aromatic heterocycles. The Kier molecular flexibility index (Phi) is 5.12. The van der Waals surface area contributed by atoms with Gasteiger partial charge in [-0.1, -0.05) is 91.0 Å². The zero-order chi connectivity index (χ0) is 29.5. The minimum absolute atomic E-state index is 0.691. The maximum atomic E-state index is 5.17. The molecule has 0 unspecified atom stereocenters. The van der Waals surface area contributed by atoms with Crippen LogP contribution >= 0.6 is 11.3 Å². The monoisotopic (exact) mass is 592 g/mol. The van der Waals surface area contributed by atoms with E-state index in [0.717, 1.165) is 32.5 Å². The highest BCUT2D eigenvalue weighted by Crippen LogP contribution is 2.38. The van der Waals surface area contributed by atoms with Crippen LogP contribution < -0.4 is 0 Å². The van der Waals surface area contributed by atoms with Gasteiger partial charge in [-0.3, -0.25) is 4.57 Å². The Labute approximate surface area is 262 Å². The summed E-state index contributed by atoms with van der Waals surface area (Å²) in [6.07, 6.45) is 1.98. The number of nitrogens with zero attached hydrogens (tertiary/aromatic N) is 4. The third-order valence-corrected chi connectivity index (χ3v) is 10.1. The largest absolute Gasteiger partial charge is 0.309 e. The first-order valence-electron chi connectivity index (χ1n) is 15.1. The van der Waals surface area contributed by atoms with Crippen LogP contribution in [0.25, 0.3) is 86.7 Å². The third kappa shape index (κ3) is 3.59. The molecule has 0 amide bonds. The van der Waals surface area contributed by atoms with Crippen molar-refractivity contribution in [2.45, 2.75) is 0 Å². The zero-order valence-corrected chi connectivity index (χ0v) is 24.9. The number of thiophene rings is 1. The quantitative estimate of drug-likeness (QED) is 0.205. The van der Waals surface area contributed by atoms with Gasteiger partial charge in [0.05, 0.1) is 38.5 Å². The van der Waals surface area contributed by atoms with Gasteiger partial charge in [0.15, 0.2) is 0 Å². The van der Waals surface area contributed by atoms with Gasteiger partial charge in [-0.05, 0) is 59.7 Å². The predicted molar refractivity (Wildman–Crippen MR) is 189 cm³/mol. The zero-order valence-electron chi connectivity index (χ0n) is 24.1. The van der Waals surface area contributed by atoms with Crippen LogP contribution in [0, 0.1) is 0 Å². The van der Waals surface area contributed by atoms with E-state index < -0.39 is 0 Å². The maximum Gasteiger partial charge on any atom is 0.235 e. The van der Waals surface area contributed by atoms with Gasteiger partial charge >= 0.3 is 0 Å². The van der Waals surface area contributed by atoms with E-state index in [1.807, 2.05) is 6.20 Å². The minimum atomic E-state index is 0.691. The lowest BCUT2D eigenvalue weighted by Gasteiger charge is -2.09. The second-order valence-electron chi connectivity index (χ2n) is 11.5. The summed E-state index contributed by atoms with van der Waals surface area (Å²) in [6, 6.07) is 49.9. The summed E-state index contributed by atoms with van der Waals surface area (Å²) in [4.78, 5) is 10.1. The van der Waals surface area contributed by atoms with E-state index in [1.54, 1.807) is 11.3 Å². The smallest absolute Gasteiger partial charge is 0.235 e. The average molecular weight is 593 g/mol. The Morgan fingerprint density at radius 2 is 1.07 bits per heavy atom. The highest BCUT2D eigenvalue weighted by Gasteiger charge is 2.18. The summed E-state index contributed by atoms with van der Waals surface area (Å²) in [6.45, 7) is 0. The molecule has 4 heterocycles. The molecule has 4 nitrogen and oxygen atoms in total. The van der Waals surface area contributed by atoms with Gasteiger partial charge in [0, 0.05) is 37.3 Å². The van der Waals surface area contributed by atoms with Gasteiger partial charge in [-0.25, -0.2) is 9.97 Å². The summed E-state index contributed by atoms with van der Waals surface area (Å²) in [7, 11) is 0. The lowest BCUT2D eigenvalue weighted by molar-refractivity contribution is 1.01. The molecule has 0 aliphatic carbocycles. The number of para-hydroxylation sites is 3. The molecule has 10 aromatic rings. The molecule has 45 heavy (non-hydrogen) atoms. The van der Waals surface area contributed by atoms with Gasteiger partial charge in [-0.2, -0.15) is 0 Å². The van der Waals surface area contributed by atoms with Gasteiger partial charge < -0.3 is 4.57 Å². The van der Waals surface area contributed by atoms with E-state index in [1.165, 1.54) is 48.2 Å². The lowest BCUT2D eigenvalue weighted by Crippen LogP contribution is -2.00. The molecule has 210 valence electrons. The van der Waals surface area contributed by atoms with Crippen molar-refractivity contribution in [3.63, 3.8) is 0 Å². The van der Waals surface area contributed by atoms with Crippen LogP contribution in [-0.4, -0.2) is 19.1 Å². The molecule has 0 radical (unpaired) electrons. The Morgan fingerprint density at radius 3 is 1.91 bits per heavy atom. The highest BCUT2D eigenvalue weighted by molar-refractivity contribution is 7.25. The summed E-state index contributed by atoms with van der Waals surface area (Å²) >= 11 is 1.74. The van der Waals surface area contributed by atoms with Crippen LogP contribution in [0.2, 0.25) is 0 Å². The van der Waals surface area contributed by atoms with Crippen LogP contribution in [-0.2, 0) is 0 Å². The molecule has 0 atom stereocenters. The summed E-state index contributed by atoms with van der Waals surface area (Å²) in [5, 5.41) is 6.05. The van der Waals surface area contributed by atoms with Crippen LogP contribution in [0.15, 0.2) is 146 Å². The molecule has 0 fully saturated rings. The fourth-order valence-electron chi connectivity index (χ4n) is 6.98. The fourth-order valence-corrected chi connectivity index (χ4v) is 8.00. The van der Waals surface area contributed by atoms with Crippen LogP contribution in [0.3, 0.4) is 0 Å². The lowest BCUT2D eigenvalue weighted by atomic mass is 10.0. The Balaban J connectivity index is 1.21. The first-order valence-corrected chi connectivity index (χ1v) is 15.9. The van der Waals surface area contributed by atoms with Crippen molar-refractivity contribution in [2.24, 2.45) is 0 Å². The topological polar surface area (TPSA) is 35.6 Å². The molecule has 0 spiro atoms. The Hall–Kier alpha value is -5.78. The summed E-state index contributed by atoms with van der Waals surface area (Å²) < 4.78 is 6.91. The van der Waals surface area contributed by atoms with Crippen molar-refractivity contribution in [1.29, 1.82) is 0 Å². The van der Waals surface area contributed by atoms with E-state index in [2.05, 4.69) is 149 Å². The van der Waals surface area contributed by atoms with Crippen LogP contribution in [0.1, 0.15) is 0 Å². The molecule has 0 saturated carbocycles. The Bertz CT molecular complexity index is 2770. The first kappa shape index (κ1) is 24.6. The number of benzene rings is 6. The molecule has 0 aliphatic heterocycles. The number of rotatable bonds is 3. The molecule has 0 aliphatic rings. The number of fused-ring (bicyclic) bond motifs is 9. The Morgan fingerprint density at radius 1 is 0.444 bits per heavy atom. The van der Waals surface area contributed by atoms with E-state index in [4.69, 9.17) is 9.97 Å². The molecular formula is C40H24N4S. The van der Waals surface area contributed by atoms with Crippen molar-refractivity contribution in [3.05, 3.63) is 146 Å². The number of hydrogen-bond acceptors (Lipinski definition) is 3. The van der Waals surface area contributed by atoms with Gasteiger partial charge in [0.2, 0.25) is 5.95 Å². The standard InChI is InChI=1S/C40H24N4S/c1-2-10-27(11-3-1)43-33-15-7-5-13-29(33)32-22-25(19-21-35(32)43)26-18-20-30-28-12-4-8-16-34(28)44(36(30)23-26)40-41-24-38-39(42-40)31-14-6-9-17-37(31)45-38/h1-24H. The predicted octanol–water partition coefficient (Wildman–Crippen LogP) is 10.7. The minimum Gasteiger partial charge on any atom is -0.309 e. The molecule has 0 N–H and O–H groups in total. The molecule has 10 rings (SSSR count). The second-order valence-corrected chi connectivity index (χ2v) is 12.6. The van der Waals surface area contributed by atoms with E-state index in [9.17, 15) is 0 Å².